The van der Waals surface area contributed by atoms with Gasteiger partial charge in [0.05, 0.1) is 0 Å². The highest BCUT2D eigenvalue weighted by molar-refractivity contribution is 6.09. The minimum absolute atomic E-state index is 0.0121. The molecule has 4 aromatic carbocycles. The van der Waals surface area contributed by atoms with Gasteiger partial charge in [-0.15, -0.1) is 0 Å². The van der Waals surface area contributed by atoms with Gasteiger partial charge in [-0.2, -0.15) is 0 Å². The SMILES string of the molecule is CCCC(C)(C)Oc1cccc2c(Oc3ccc(C(=O)c4ccc(C(C)(C)CCC)cc4)cc3)cccc12. The number of rotatable bonds is 11. The summed E-state index contributed by atoms with van der Waals surface area (Å²) in [5.41, 5.74) is 2.47. The lowest BCUT2D eigenvalue weighted by Gasteiger charge is -2.27. The van der Waals surface area contributed by atoms with Gasteiger partial charge in [-0.25, -0.2) is 0 Å². The molecule has 0 bridgehead atoms. The van der Waals surface area contributed by atoms with Crippen molar-refractivity contribution in [3.63, 3.8) is 0 Å². The summed E-state index contributed by atoms with van der Waals surface area (Å²) in [4.78, 5) is 13.1. The maximum absolute atomic E-state index is 13.1. The molecule has 0 saturated heterocycles. The first kappa shape index (κ1) is 27.4. The number of ether oxygens (including phenoxy) is 2. The smallest absolute Gasteiger partial charge is 0.193 e. The van der Waals surface area contributed by atoms with E-state index in [1.54, 1.807) is 0 Å². The van der Waals surface area contributed by atoms with Crippen molar-refractivity contribution < 1.29 is 14.3 Å². The van der Waals surface area contributed by atoms with Gasteiger partial charge in [0.15, 0.2) is 5.78 Å². The van der Waals surface area contributed by atoms with Crippen molar-refractivity contribution in [1.82, 2.24) is 0 Å². The lowest BCUT2D eigenvalue weighted by molar-refractivity contribution is 0.100. The van der Waals surface area contributed by atoms with Crippen LogP contribution in [-0.4, -0.2) is 11.4 Å². The van der Waals surface area contributed by atoms with Gasteiger partial charge in [-0.05, 0) is 74.1 Å². The highest BCUT2D eigenvalue weighted by Crippen LogP contribution is 2.36. The van der Waals surface area contributed by atoms with Gasteiger partial charge >= 0.3 is 0 Å². The second-order valence-corrected chi connectivity index (χ2v) is 11.4. The molecular formula is C35H40O3. The molecule has 198 valence electrons. The van der Waals surface area contributed by atoms with E-state index < -0.39 is 0 Å². The maximum atomic E-state index is 13.1. The molecule has 0 saturated carbocycles. The van der Waals surface area contributed by atoms with Crippen LogP contribution in [0.1, 0.15) is 88.7 Å². The second kappa shape index (κ2) is 11.4. The molecule has 0 aliphatic carbocycles. The van der Waals surface area contributed by atoms with Crippen molar-refractivity contribution in [2.24, 2.45) is 0 Å². The van der Waals surface area contributed by atoms with Crippen LogP contribution in [0.5, 0.6) is 17.2 Å². The van der Waals surface area contributed by atoms with Crippen molar-refractivity contribution in [2.75, 3.05) is 0 Å². The number of benzene rings is 4. The Morgan fingerprint density at radius 3 is 1.76 bits per heavy atom. The topological polar surface area (TPSA) is 35.5 Å². The number of hydrogen-bond acceptors (Lipinski definition) is 3. The predicted octanol–water partition coefficient (Wildman–Crippen LogP) is 9.90. The Hall–Kier alpha value is -3.59. The number of ketones is 1. The van der Waals surface area contributed by atoms with E-state index in [1.807, 2.05) is 66.7 Å². The maximum Gasteiger partial charge on any atom is 0.193 e. The zero-order valence-electron chi connectivity index (χ0n) is 23.6. The first-order chi connectivity index (χ1) is 18.1. The van der Waals surface area contributed by atoms with E-state index in [9.17, 15) is 4.79 Å². The highest BCUT2D eigenvalue weighted by Gasteiger charge is 2.21. The monoisotopic (exact) mass is 508 g/mol. The number of carbonyl (C=O) groups excluding carboxylic acids is 1. The summed E-state index contributed by atoms with van der Waals surface area (Å²) >= 11 is 0. The fraction of sp³-hybridized carbons (Fsp3) is 0.343. The minimum Gasteiger partial charge on any atom is -0.487 e. The standard InChI is InChI=1S/C35H40O3/c1-7-23-34(3,4)27-19-15-25(16-20-27)33(36)26-17-21-28(22-18-26)37-31-13-9-12-30-29(31)11-10-14-32(30)38-35(5,6)24-8-2/h9-22H,7-8,23-24H2,1-6H3. The van der Waals surface area contributed by atoms with Crippen LogP contribution in [0, 0.1) is 0 Å². The average Bonchev–Trinajstić information content (AvgIpc) is 2.89. The minimum atomic E-state index is -0.242. The number of carbonyl (C=O) groups is 1. The van der Waals surface area contributed by atoms with Crippen molar-refractivity contribution in [1.29, 1.82) is 0 Å². The Labute approximate surface area is 227 Å². The summed E-state index contributed by atoms with van der Waals surface area (Å²) in [5, 5.41) is 2.01. The van der Waals surface area contributed by atoms with Crippen molar-refractivity contribution >= 4 is 16.6 Å². The lowest BCUT2D eigenvalue weighted by Crippen LogP contribution is -2.27. The van der Waals surface area contributed by atoms with E-state index in [0.717, 1.165) is 48.0 Å². The molecule has 0 aliphatic rings. The first-order valence-corrected chi connectivity index (χ1v) is 13.8. The van der Waals surface area contributed by atoms with Crippen molar-refractivity contribution in [2.45, 2.75) is 78.2 Å². The summed E-state index contributed by atoms with van der Waals surface area (Å²) in [6, 6.07) is 27.5. The van der Waals surface area contributed by atoms with Crippen LogP contribution < -0.4 is 9.47 Å². The third-order valence-electron chi connectivity index (χ3n) is 7.23. The average molecular weight is 509 g/mol. The number of hydrogen-bond donors (Lipinski definition) is 0. The molecule has 0 heterocycles. The first-order valence-electron chi connectivity index (χ1n) is 13.8. The number of fused-ring (bicyclic) bond motifs is 1. The molecule has 0 atom stereocenters. The summed E-state index contributed by atoms with van der Waals surface area (Å²) in [6.07, 6.45) is 4.29. The fourth-order valence-corrected chi connectivity index (χ4v) is 5.19. The van der Waals surface area contributed by atoms with E-state index in [0.29, 0.717) is 16.9 Å². The molecule has 0 aromatic heterocycles. The van der Waals surface area contributed by atoms with Crippen molar-refractivity contribution in [3.8, 4) is 17.2 Å². The van der Waals surface area contributed by atoms with Gasteiger partial charge in [-0.1, -0.05) is 89.1 Å². The second-order valence-electron chi connectivity index (χ2n) is 11.4. The van der Waals surface area contributed by atoms with Crippen LogP contribution in [0.3, 0.4) is 0 Å². The molecule has 0 N–H and O–H groups in total. The quantitative estimate of drug-likeness (QED) is 0.189. The molecule has 0 fully saturated rings. The Bertz CT molecular complexity index is 1380. The van der Waals surface area contributed by atoms with Crippen molar-refractivity contribution in [3.05, 3.63) is 102 Å². The van der Waals surface area contributed by atoms with Crippen LogP contribution in [0.4, 0.5) is 0 Å². The molecular weight excluding hydrogens is 468 g/mol. The Kier molecular flexibility index (Phi) is 8.26. The molecule has 0 amide bonds. The lowest BCUT2D eigenvalue weighted by atomic mass is 9.80. The molecule has 0 spiro atoms. The molecule has 38 heavy (non-hydrogen) atoms. The molecule has 0 unspecified atom stereocenters. The fourth-order valence-electron chi connectivity index (χ4n) is 5.19. The van der Waals surface area contributed by atoms with Gasteiger partial charge in [0.25, 0.3) is 0 Å². The van der Waals surface area contributed by atoms with Gasteiger partial charge < -0.3 is 9.47 Å². The molecule has 0 aliphatic heterocycles. The molecule has 3 heteroatoms. The summed E-state index contributed by atoms with van der Waals surface area (Å²) in [7, 11) is 0. The van der Waals surface area contributed by atoms with Crippen LogP contribution in [0.2, 0.25) is 0 Å². The van der Waals surface area contributed by atoms with E-state index in [2.05, 4.69) is 59.7 Å². The molecule has 3 nitrogen and oxygen atoms in total. The van der Waals surface area contributed by atoms with E-state index in [-0.39, 0.29) is 16.8 Å². The highest BCUT2D eigenvalue weighted by atomic mass is 16.5. The van der Waals surface area contributed by atoms with E-state index in [4.69, 9.17) is 9.47 Å². The Morgan fingerprint density at radius 2 is 1.18 bits per heavy atom. The normalized spacial score (nSPS) is 11.9. The summed E-state index contributed by atoms with van der Waals surface area (Å²) in [6.45, 7) is 13.1. The van der Waals surface area contributed by atoms with Gasteiger partial charge in [-0.3, -0.25) is 4.79 Å². The summed E-state index contributed by atoms with van der Waals surface area (Å²) < 4.78 is 12.7. The third-order valence-corrected chi connectivity index (χ3v) is 7.23. The largest absolute Gasteiger partial charge is 0.487 e. The molecule has 4 aromatic rings. The Balaban J connectivity index is 1.52. The van der Waals surface area contributed by atoms with E-state index >= 15 is 0 Å². The third kappa shape index (κ3) is 6.27. The van der Waals surface area contributed by atoms with Crippen LogP contribution >= 0.6 is 0 Å². The molecule has 4 rings (SSSR count). The predicted molar refractivity (Wildman–Crippen MR) is 158 cm³/mol. The van der Waals surface area contributed by atoms with Crippen LogP contribution in [0.15, 0.2) is 84.9 Å². The van der Waals surface area contributed by atoms with Crippen LogP contribution in [-0.2, 0) is 5.41 Å². The van der Waals surface area contributed by atoms with E-state index in [1.165, 1.54) is 5.56 Å². The van der Waals surface area contributed by atoms with Gasteiger partial charge in [0, 0.05) is 21.9 Å². The van der Waals surface area contributed by atoms with Crippen LogP contribution in [0.25, 0.3) is 10.8 Å². The van der Waals surface area contributed by atoms with Gasteiger partial charge in [0.1, 0.15) is 22.8 Å². The summed E-state index contributed by atoms with van der Waals surface area (Å²) in [5.74, 6) is 2.31. The zero-order valence-corrected chi connectivity index (χ0v) is 23.6. The Morgan fingerprint density at radius 1 is 0.658 bits per heavy atom. The zero-order chi connectivity index (χ0) is 27.3. The molecule has 0 radical (unpaired) electrons. The van der Waals surface area contributed by atoms with Gasteiger partial charge in [0.2, 0.25) is 0 Å².